The molecule has 0 unspecified atom stereocenters. The zero-order valence-electron chi connectivity index (χ0n) is 13.4. The summed E-state index contributed by atoms with van der Waals surface area (Å²) < 4.78 is 29.7. The van der Waals surface area contributed by atoms with E-state index in [9.17, 15) is 13.2 Å². The van der Waals surface area contributed by atoms with Crippen LogP contribution in [0.1, 0.15) is 15.9 Å². The average Bonchev–Trinajstić information content (AvgIpc) is 2.92. The molecular formula is C15H15N5O4S. The van der Waals surface area contributed by atoms with E-state index in [2.05, 4.69) is 15.4 Å². The van der Waals surface area contributed by atoms with Gasteiger partial charge < -0.3 is 10.1 Å². The van der Waals surface area contributed by atoms with Gasteiger partial charge in [0.1, 0.15) is 16.7 Å². The van der Waals surface area contributed by atoms with Crippen LogP contribution in [0.15, 0.2) is 41.7 Å². The number of para-hydroxylation sites is 1. The number of anilines is 2. The molecule has 0 bridgehead atoms. The lowest BCUT2D eigenvalue weighted by atomic mass is 10.2. The largest absolute Gasteiger partial charge is 0.465 e. The van der Waals surface area contributed by atoms with Crippen LogP contribution < -0.4 is 10.5 Å². The molecular weight excluding hydrogens is 346 g/mol. The number of nitrogens with two attached hydrogens (primary N) is 1. The van der Waals surface area contributed by atoms with Crippen LogP contribution in [0.2, 0.25) is 0 Å². The number of hydrogen-bond acceptors (Lipinski definition) is 7. The molecule has 0 amide bonds. The summed E-state index contributed by atoms with van der Waals surface area (Å²) in [5.74, 6) is -0.169. The highest BCUT2D eigenvalue weighted by atomic mass is 32.2. The van der Waals surface area contributed by atoms with E-state index in [1.807, 2.05) is 0 Å². The number of aromatic nitrogens is 3. The van der Waals surface area contributed by atoms with Crippen molar-refractivity contribution in [2.24, 2.45) is 5.14 Å². The van der Waals surface area contributed by atoms with Gasteiger partial charge in [-0.2, -0.15) is 5.10 Å². The molecule has 0 aliphatic heterocycles. The normalized spacial score (nSPS) is 11.5. The number of methoxy groups -OCH3 is 1. The van der Waals surface area contributed by atoms with E-state index in [1.165, 1.54) is 30.2 Å². The predicted molar refractivity (Wildman–Crippen MR) is 90.2 cm³/mol. The summed E-state index contributed by atoms with van der Waals surface area (Å²) >= 11 is 0. The maximum Gasteiger partial charge on any atom is 0.339 e. The Hall–Kier alpha value is -2.98. The molecule has 0 spiro atoms. The molecule has 0 saturated carbocycles. The van der Waals surface area contributed by atoms with Gasteiger partial charge in [-0.25, -0.2) is 27.9 Å². The van der Waals surface area contributed by atoms with Crippen LogP contribution in [0.25, 0.3) is 5.52 Å². The number of rotatable bonds is 4. The van der Waals surface area contributed by atoms with Gasteiger partial charge in [0.05, 0.1) is 18.4 Å². The molecule has 9 nitrogen and oxygen atoms in total. The Morgan fingerprint density at radius 2 is 2.04 bits per heavy atom. The molecule has 3 N–H and O–H groups in total. The average molecular weight is 361 g/mol. The number of sulfonamides is 1. The van der Waals surface area contributed by atoms with Gasteiger partial charge in [-0.3, -0.25) is 0 Å². The third-order valence-corrected chi connectivity index (χ3v) is 4.65. The van der Waals surface area contributed by atoms with Crippen molar-refractivity contribution >= 4 is 33.0 Å². The first-order chi connectivity index (χ1) is 11.8. The number of primary sulfonamides is 1. The minimum atomic E-state index is -3.92. The molecule has 3 rings (SSSR count). The Morgan fingerprint density at radius 1 is 1.32 bits per heavy atom. The van der Waals surface area contributed by atoms with Crippen molar-refractivity contribution in [2.75, 3.05) is 12.4 Å². The number of aryl methyl sites for hydroxylation is 1. The quantitative estimate of drug-likeness (QED) is 0.668. The van der Waals surface area contributed by atoms with E-state index in [0.717, 1.165) is 0 Å². The minimum Gasteiger partial charge on any atom is -0.465 e. The van der Waals surface area contributed by atoms with Crippen molar-refractivity contribution in [1.82, 2.24) is 14.6 Å². The first-order valence-electron chi connectivity index (χ1n) is 7.13. The molecule has 0 aliphatic rings. The van der Waals surface area contributed by atoms with Crippen molar-refractivity contribution in [3.8, 4) is 0 Å². The number of nitrogens with zero attached hydrogens (tertiary/aromatic N) is 3. The van der Waals surface area contributed by atoms with Crippen LogP contribution in [0.3, 0.4) is 0 Å². The number of nitrogens with one attached hydrogen (secondary N) is 1. The zero-order valence-corrected chi connectivity index (χ0v) is 14.2. The number of benzene rings is 1. The van der Waals surface area contributed by atoms with E-state index in [0.29, 0.717) is 22.5 Å². The van der Waals surface area contributed by atoms with Crippen molar-refractivity contribution in [1.29, 1.82) is 0 Å². The van der Waals surface area contributed by atoms with Crippen molar-refractivity contribution in [2.45, 2.75) is 11.8 Å². The van der Waals surface area contributed by atoms with Crippen molar-refractivity contribution in [3.63, 3.8) is 0 Å². The number of hydrogen-bond donors (Lipinski definition) is 2. The van der Waals surface area contributed by atoms with Gasteiger partial charge >= 0.3 is 5.97 Å². The van der Waals surface area contributed by atoms with Gasteiger partial charge in [-0.1, -0.05) is 12.1 Å². The second-order valence-electron chi connectivity index (χ2n) is 5.23. The highest BCUT2D eigenvalue weighted by molar-refractivity contribution is 7.89. The first-order valence-corrected chi connectivity index (χ1v) is 8.67. The highest BCUT2D eigenvalue weighted by Gasteiger charge is 2.20. The molecule has 3 aromatic rings. The second kappa shape index (κ2) is 6.15. The third-order valence-electron chi connectivity index (χ3n) is 3.68. The maximum atomic E-state index is 11.9. The Labute approximate surface area is 143 Å². The summed E-state index contributed by atoms with van der Waals surface area (Å²) in [5.41, 5.74) is 1.73. The lowest BCUT2D eigenvalue weighted by molar-refractivity contribution is 0.0600. The lowest BCUT2D eigenvalue weighted by Crippen LogP contribution is -2.14. The Kier molecular flexibility index (Phi) is 4.15. The van der Waals surface area contributed by atoms with Crippen molar-refractivity contribution < 1.29 is 17.9 Å². The van der Waals surface area contributed by atoms with Crippen molar-refractivity contribution in [3.05, 3.63) is 47.9 Å². The summed E-state index contributed by atoms with van der Waals surface area (Å²) in [4.78, 5) is 15.9. The van der Waals surface area contributed by atoms with Gasteiger partial charge in [-0.05, 0) is 24.6 Å². The molecule has 2 heterocycles. The van der Waals surface area contributed by atoms with E-state index in [-0.39, 0.29) is 10.6 Å². The zero-order chi connectivity index (χ0) is 18.2. The summed E-state index contributed by atoms with van der Waals surface area (Å²) in [6.45, 7) is 1.72. The standard InChI is InChI=1S/C15H15N5O4S/c1-9-10(15(21)24-2)7-20-13(9)14(17-8-18-20)19-11-5-3-4-6-12(11)25(16,22)23/h3-8H,1-2H3,(H2,16,22,23)(H,17,18,19). The maximum absolute atomic E-state index is 11.9. The van der Waals surface area contributed by atoms with E-state index in [4.69, 9.17) is 9.88 Å². The van der Waals surface area contributed by atoms with Gasteiger partial charge in [0.15, 0.2) is 5.82 Å². The first kappa shape index (κ1) is 16.9. The number of ether oxygens (including phenoxy) is 1. The smallest absolute Gasteiger partial charge is 0.339 e. The second-order valence-corrected chi connectivity index (χ2v) is 6.76. The summed E-state index contributed by atoms with van der Waals surface area (Å²) in [6, 6.07) is 6.19. The van der Waals surface area contributed by atoms with Crippen LogP contribution in [0, 0.1) is 6.92 Å². The van der Waals surface area contributed by atoms with Gasteiger partial charge in [0.25, 0.3) is 0 Å². The third kappa shape index (κ3) is 3.04. The fourth-order valence-electron chi connectivity index (χ4n) is 2.51. The summed E-state index contributed by atoms with van der Waals surface area (Å²) in [6.07, 6.45) is 2.81. The fourth-order valence-corrected chi connectivity index (χ4v) is 3.21. The molecule has 2 aromatic heterocycles. The molecule has 130 valence electrons. The van der Waals surface area contributed by atoms with Crippen LogP contribution in [-0.4, -0.2) is 36.1 Å². The predicted octanol–water partition coefficient (Wildman–Crippen LogP) is 1.22. The molecule has 10 heteroatoms. The van der Waals surface area contributed by atoms with E-state index >= 15 is 0 Å². The molecule has 1 aromatic carbocycles. The van der Waals surface area contributed by atoms with E-state index in [1.54, 1.807) is 25.1 Å². The molecule has 0 fully saturated rings. The Morgan fingerprint density at radius 3 is 2.72 bits per heavy atom. The number of esters is 1. The SMILES string of the molecule is COC(=O)c1cn2ncnc(Nc3ccccc3S(N)(=O)=O)c2c1C. The highest BCUT2D eigenvalue weighted by Crippen LogP contribution is 2.28. The number of carbonyl (C=O) groups excluding carboxylic acids is 1. The van der Waals surface area contributed by atoms with Crippen LogP contribution in [0.5, 0.6) is 0 Å². The molecule has 0 radical (unpaired) electrons. The topological polar surface area (TPSA) is 129 Å². The number of carbonyl (C=O) groups is 1. The Balaban J connectivity index is 2.16. The minimum absolute atomic E-state index is 0.0656. The van der Waals surface area contributed by atoms with Crippen LogP contribution in [0.4, 0.5) is 11.5 Å². The lowest BCUT2D eigenvalue weighted by Gasteiger charge is -2.11. The van der Waals surface area contributed by atoms with Gasteiger partial charge in [0, 0.05) is 6.20 Å². The Bertz CT molecular complexity index is 1070. The summed E-state index contributed by atoms with van der Waals surface area (Å²) in [5, 5.41) is 12.3. The monoisotopic (exact) mass is 361 g/mol. The fraction of sp³-hybridized carbons (Fsp3) is 0.133. The van der Waals surface area contributed by atoms with Gasteiger partial charge in [-0.15, -0.1) is 0 Å². The van der Waals surface area contributed by atoms with Crippen LogP contribution in [-0.2, 0) is 14.8 Å². The number of fused-ring (bicyclic) bond motifs is 1. The molecule has 0 aliphatic carbocycles. The van der Waals surface area contributed by atoms with E-state index < -0.39 is 16.0 Å². The van der Waals surface area contributed by atoms with Gasteiger partial charge in [0.2, 0.25) is 10.0 Å². The molecule has 25 heavy (non-hydrogen) atoms. The van der Waals surface area contributed by atoms with Crippen LogP contribution >= 0.6 is 0 Å². The summed E-state index contributed by atoms with van der Waals surface area (Å²) in [7, 11) is -2.63. The molecule has 0 atom stereocenters. The molecule has 0 saturated heterocycles.